The predicted molar refractivity (Wildman–Crippen MR) is 148 cm³/mol. The summed E-state index contributed by atoms with van der Waals surface area (Å²) in [4.78, 5) is 42.6. The maximum atomic E-state index is 14.5. The molecule has 1 aromatic heterocycles. The van der Waals surface area contributed by atoms with Crippen molar-refractivity contribution < 1.29 is 23.5 Å². The Hall–Kier alpha value is -4.79. The van der Waals surface area contributed by atoms with Gasteiger partial charge in [0.25, 0.3) is 0 Å². The van der Waals surface area contributed by atoms with Gasteiger partial charge in [-0.05, 0) is 63.6 Å². The number of anilines is 2. The average molecular weight is 529 g/mol. The molecule has 4 aromatic rings. The third-order valence-corrected chi connectivity index (χ3v) is 5.71. The van der Waals surface area contributed by atoms with Crippen LogP contribution in [0.4, 0.5) is 20.6 Å². The van der Waals surface area contributed by atoms with Crippen LogP contribution in [-0.2, 0) is 9.53 Å². The number of ether oxygens (including phenoxy) is 1. The van der Waals surface area contributed by atoms with E-state index in [-0.39, 0.29) is 17.2 Å². The van der Waals surface area contributed by atoms with Crippen molar-refractivity contribution in [1.29, 1.82) is 0 Å². The Morgan fingerprint density at radius 2 is 1.72 bits per heavy atom. The zero-order chi connectivity index (χ0) is 28.2. The van der Waals surface area contributed by atoms with Gasteiger partial charge in [0.2, 0.25) is 5.91 Å². The van der Waals surface area contributed by atoms with E-state index in [1.165, 1.54) is 12.1 Å². The number of carbonyl (C=O) groups is 3. The van der Waals surface area contributed by atoms with Crippen molar-refractivity contribution in [3.63, 3.8) is 0 Å². The molecule has 2 N–H and O–H groups in total. The molecule has 8 nitrogen and oxygen atoms in total. The quantitative estimate of drug-likeness (QED) is 0.209. The number of hydrogen-bond acceptors (Lipinski definition) is 5. The number of hydrogen-bond donors (Lipinski definition) is 2. The molecule has 0 radical (unpaired) electrons. The molecule has 0 saturated heterocycles. The molecule has 0 aliphatic rings. The number of halogens is 1. The Kier molecular flexibility index (Phi) is 7.90. The highest BCUT2D eigenvalue weighted by molar-refractivity contribution is 6.12. The number of amides is 2. The van der Waals surface area contributed by atoms with Crippen molar-refractivity contribution in [1.82, 2.24) is 9.55 Å². The fourth-order valence-electron chi connectivity index (χ4n) is 3.96. The highest BCUT2D eigenvalue weighted by atomic mass is 19.1. The van der Waals surface area contributed by atoms with E-state index in [0.717, 1.165) is 11.5 Å². The van der Waals surface area contributed by atoms with Gasteiger partial charge in [0, 0.05) is 29.2 Å². The van der Waals surface area contributed by atoms with Crippen molar-refractivity contribution in [2.75, 3.05) is 10.6 Å². The number of nitrogens with one attached hydrogen (secondary N) is 2. The molecule has 39 heavy (non-hydrogen) atoms. The lowest BCUT2D eigenvalue weighted by Gasteiger charge is -2.21. The van der Waals surface area contributed by atoms with Crippen molar-refractivity contribution in [3.05, 3.63) is 96.3 Å². The Labute approximate surface area is 225 Å². The highest BCUT2D eigenvalue weighted by Crippen LogP contribution is 2.31. The molecule has 4 rings (SSSR count). The van der Waals surface area contributed by atoms with Crippen LogP contribution < -0.4 is 10.6 Å². The van der Waals surface area contributed by atoms with Gasteiger partial charge in [-0.15, -0.1) is 0 Å². The second kappa shape index (κ2) is 11.3. The Bertz CT molecular complexity index is 1540. The summed E-state index contributed by atoms with van der Waals surface area (Å²) < 4.78 is 21.6. The summed E-state index contributed by atoms with van der Waals surface area (Å²) in [5.41, 5.74) is 1.61. The summed E-state index contributed by atoms with van der Waals surface area (Å²) in [7, 11) is 0. The van der Waals surface area contributed by atoms with E-state index in [1.807, 2.05) is 17.6 Å². The SMILES string of the molecule is Cc1nccn1-c1cccc(C(=O)CC(=O)Nc2cc(-c3ccccc3F)ccc2NC(=O)OC(C)(C)C)c1. The number of nitrogens with zero attached hydrogens (tertiary/aromatic N) is 2. The van der Waals surface area contributed by atoms with Crippen LogP contribution in [-0.4, -0.2) is 32.9 Å². The predicted octanol–water partition coefficient (Wildman–Crippen LogP) is 6.55. The molecule has 0 aliphatic carbocycles. The lowest BCUT2D eigenvalue weighted by atomic mass is 10.0. The fourth-order valence-corrected chi connectivity index (χ4v) is 3.96. The monoisotopic (exact) mass is 528 g/mol. The number of Topliss-reactive ketones (excluding diaryl/α,β-unsaturated/α-hetero) is 1. The molecule has 0 saturated carbocycles. The summed E-state index contributed by atoms with van der Waals surface area (Å²) >= 11 is 0. The van der Waals surface area contributed by atoms with Crippen LogP contribution >= 0.6 is 0 Å². The molecule has 0 spiro atoms. The van der Waals surface area contributed by atoms with Gasteiger partial charge in [-0.1, -0.05) is 36.4 Å². The van der Waals surface area contributed by atoms with Crippen LogP contribution in [0.25, 0.3) is 16.8 Å². The van der Waals surface area contributed by atoms with E-state index in [2.05, 4.69) is 15.6 Å². The van der Waals surface area contributed by atoms with Crippen LogP contribution in [0, 0.1) is 12.7 Å². The molecule has 1 heterocycles. The first kappa shape index (κ1) is 27.3. The standard InChI is InChI=1S/C30H29FN4O4/c1-19-32-14-15-35(19)22-9-7-8-21(16-22)27(36)18-28(37)33-26-17-20(23-10-5-6-11-24(23)31)12-13-25(26)34-29(38)39-30(2,3)4/h5-17H,18H2,1-4H3,(H,33,37)(H,34,38). The smallest absolute Gasteiger partial charge is 0.412 e. The van der Waals surface area contributed by atoms with Gasteiger partial charge in [0.15, 0.2) is 5.78 Å². The van der Waals surface area contributed by atoms with Gasteiger partial charge in [0.1, 0.15) is 17.2 Å². The van der Waals surface area contributed by atoms with Gasteiger partial charge in [-0.25, -0.2) is 14.2 Å². The van der Waals surface area contributed by atoms with E-state index < -0.39 is 29.8 Å². The van der Waals surface area contributed by atoms with Crippen LogP contribution in [0.15, 0.2) is 79.1 Å². The molecular formula is C30H29FN4O4. The third kappa shape index (κ3) is 6.95. The summed E-state index contributed by atoms with van der Waals surface area (Å²) in [5.74, 6) is -0.663. The number of aryl methyl sites for hydroxylation is 1. The second-order valence-corrected chi connectivity index (χ2v) is 9.91. The van der Waals surface area contributed by atoms with Crippen LogP contribution in [0.2, 0.25) is 0 Å². The van der Waals surface area contributed by atoms with Gasteiger partial charge in [-0.2, -0.15) is 0 Å². The van der Waals surface area contributed by atoms with Crippen LogP contribution in [0.3, 0.4) is 0 Å². The summed E-state index contributed by atoms with van der Waals surface area (Å²) in [5, 5.41) is 5.31. The Morgan fingerprint density at radius 3 is 2.41 bits per heavy atom. The van der Waals surface area contributed by atoms with E-state index in [1.54, 1.807) is 81.7 Å². The molecule has 0 fully saturated rings. The van der Waals surface area contributed by atoms with Gasteiger partial charge in [-0.3, -0.25) is 14.9 Å². The minimum Gasteiger partial charge on any atom is -0.444 e. The summed E-state index contributed by atoms with van der Waals surface area (Å²) in [6.07, 6.45) is 2.28. The lowest BCUT2D eigenvalue weighted by Crippen LogP contribution is -2.27. The number of rotatable bonds is 7. The minimum absolute atomic E-state index is 0.196. The molecule has 2 amide bonds. The first-order valence-electron chi connectivity index (χ1n) is 12.3. The molecule has 0 aliphatic heterocycles. The van der Waals surface area contributed by atoms with E-state index >= 15 is 0 Å². The van der Waals surface area contributed by atoms with Gasteiger partial charge < -0.3 is 14.6 Å². The summed E-state index contributed by atoms with van der Waals surface area (Å²) in [6.45, 7) is 7.03. The zero-order valence-corrected chi connectivity index (χ0v) is 22.1. The van der Waals surface area contributed by atoms with Crippen molar-refractivity contribution in [2.45, 2.75) is 39.7 Å². The Morgan fingerprint density at radius 1 is 0.949 bits per heavy atom. The molecule has 0 unspecified atom stereocenters. The van der Waals surface area contributed by atoms with Crippen LogP contribution in [0.5, 0.6) is 0 Å². The first-order chi connectivity index (χ1) is 18.5. The number of aromatic nitrogens is 2. The fraction of sp³-hybridized carbons (Fsp3) is 0.200. The number of imidazole rings is 1. The maximum absolute atomic E-state index is 14.5. The number of ketones is 1. The largest absolute Gasteiger partial charge is 0.444 e. The molecule has 0 bridgehead atoms. The average Bonchev–Trinajstić information content (AvgIpc) is 3.30. The second-order valence-electron chi connectivity index (χ2n) is 9.91. The molecule has 9 heteroatoms. The minimum atomic E-state index is -0.739. The normalized spacial score (nSPS) is 11.1. The highest BCUT2D eigenvalue weighted by Gasteiger charge is 2.20. The molecule has 0 atom stereocenters. The van der Waals surface area contributed by atoms with Crippen molar-refractivity contribution in [2.24, 2.45) is 0 Å². The lowest BCUT2D eigenvalue weighted by molar-refractivity contribution is -0.115. The maximum Gasteiger partial charge on any atom is 0.412 e. The molecule has 200 valence electrons. The number of carbonyl (C=O) groups excluding carboxylic acids is 3. The zero-order valence-electron chi connectivity index (χ0n) is 22.1. The van der Waals surface area contributed by atoms with Crippen molar-refractivity contribution >= 4 is 29.2 Å². The Balaban J connectivity index is 1.57. The molecular weight excluding hydrogens is 499 g/mol. The van der Waals surface area contributed by atoms with Gasteiger partial charge in [0.05, 0.1) is 17.8 Å². The van der Waals surface area contributed by atoms with E-state index in [9.17, 15) is 18.8 Å². The third-order valence-electron chi connectivity index (χ3n) is 5.71. The van der Waals surface area contributed by atoms with Gasteiger partial charge >= 0.3 is 6.09 Å². The first-order valence-corrected chi connectivity index (χ1v) is 12.3. The van der Waals surface area contributed by atoms with E-state index in [0.29, 0.717) is 16.7 Å². The van der Waals surface area contributed by atoms with Crippen LogP contribution in [0.1, 0.15) is 43.4 Å². The number of benzene rings is 3. The topological polar surface area (TPSA) is 102 Å². The van der Waals surface area contributed by atoms with Crippen molar-refractivity contribution in [3.8, 4) is 16.8 Å². The molecule has 3 aromatic carbocycles. The summed E-state index contributed by atoms with van der Waals surface area (Å²) in [6, 6.07) is 17.8. The van der Waals surface area contributed by atoms with E-state index in [4.69, 9.17) is 4.74 Å².